The number of nitro groups is 1. The second-order valence-corrected chi connectivity index (χ2v) is 7.13. The van der Waals surface area contributed by atoms with Crippen LogP contribution in [0.2, 0.25) is 0 Å². The molecule has 0 bridgehead atoms. The lowest BCUT2D eigenvalue weighted by Gasteiger charge is -2.41. The molecule has 0 saturated heterocycles. The Morgan fingerprint density at radius 2 is 1.92 bits per heavy atom. The largest absolute Gasteiger partial charge is 0.264 e. The predicted molar refractivity (Wildman–Crippen MR) is 99.6 cm³/mol. The summed E-state index contributed by atoms with van der Waals surface area (Å²) in [6.07, 6.45) is 2.74. The minimum atomic E-state index is -1.54. The van der Waals surface area contributed by atoms with Crippen molar-refractivity contribution in [3.63, 3.8) is 0 Å². The maximum absolute atomic E-state index is 12.4. The van der Waals surface area contributed by atoms with E-state index < -0.39 is 16.9 Å². The number of hydrogen-bond donors (Lipinski definition) is 0. The molecule has 2 atom stereocenters. The van der Waals surface area contributed by atoms with Crippen molar-refractivity contribution in [1.29, 1.82) is 10.5 Å². The smallest absolute Gasteiger partial charge is 0.235 e. The minimum Gasteiger partial charge on any atom is -0.264 e. The van der Waals surface area contributed by atoms with Crippen LogP contribution in [0.1, 0.15) is 51.0 Å². The summed E-state index contributed by atoms with van der Waals surface area (Å²) in [6, 6.07) is 13.2. The molecule has 0 N–H and O–H groups in total. The van der Waals surface area contributed by atoms with Gasteiger partial charge in [-0.25, -0.2) is 0 Å². The van der Waals surface area contributed by atoms with Crippen LogP contribution >= 0.6 is 0 Å². The van der Waals surface area contributed by atoms with Crippen LogP contribution in [0.4, 0.5) is 0 Å². The van der Waals surface area contributed by atoms with Gasteiger partial charge in [0.05, 0.1) is 18.1 Å². The van der Waals surface area contributed by atoms with Crippen molar-refractivity contribution < 1.29 is 4.92 Å². The Labute approximate surface area is 154 Å². The molecule has 0 aliphatic heterocycles. The lowest BCUT2D eigenvalue weighted by atomic mass is 9.58. The lowest BCUT2D eigenvalue weighted by Crippen LogP contribution is -2.52. The predicted octanol–water partition coefficient (Wildman–Crippen LogP) is 4.92. The van der Waals surface area contributed by atoms with E-state index >= 15 is 0 Å². The van der Waals surface area contributed by atoms with Gasteiger partial charge in [-0.2, -0.15) is 10.5 Å². The van der Waals surface area contributed by atoms with Crippen molar-refractivity contribution in [2.45, 2.75) is 51.0 Å². The molecule has 5 nitrogen and oxygen atoms in total. The van der Waals surface area contributed by atoms with Crippen LogP contribution in [0, 0.1) is 38.2 Å². The number of allylic oxidation sites excluding steroid dienone is 2. The molecule has 134 valence electrons. The fourth-order valence-electron chi connectivity index (χ4n) is 4.11. The second-order valence-electron chi connectivity index (χ2n) is 7.13. The molecule has 1 aliphatic carbocycles. The van der Waals surface area contributed by atoms with Gasteiger partial charge in [-0.3, -0.25) is 10.1 Å². The first kappa shape index (κ1) is 19.4. The second kappa shape index (κ2) is 7.54. The molecule has 2 unspecified atom stereocenters. The standard InChI is InChI=1S/C21H23N3O2/c1-4-11-20(14-22,15-23)19(18-8-6-5-7-9-18)21(24(25)26)12-10-16(2)17(3)13-21/h4-9,19H,1,10-13H2,2-3H3. The van der Waals surface area contributed by atoms with Gasteiger partial charge in [0.25, 0.3) is 0 Å². The van der Waals surface area contributed by atoms with Gasteiger partial charge < -0.3 is 0 Å². The van der Waals surface area contributed by atoms with Crippen LogP contribution in [-0.4, -0.2) is 10.5 Å². The zero-order valence-electron chi connectivity index (χ0n) is 15.2. The molecule has 1 aromatic carbocycles. The van der Waals surface area contributed by atoms with Crippen LogP contribution in [0.15, 0.2) is 54.1 Å². The van der Waals surface area contributed by atoms with Crippen LogP contribution in [0.5, 0.6) is 0 Å². The quantitative estimate of drug-likeness (QED) is 0.414. The first-order valence-corrected chi connectivity index (χ1v) is 8.65. The van der Waals surface area contributed by atoms with E-state index in [1.54, 1.807) is 24.3 Å². The lowest BCUT2D eigenvalue weighted by molar-refractivity contribution is -0.579. The third kappa shape index (κ3) is 3.13. The molecule has 1 aliphatic rings. The molecule has 0 fully saturated rings. The fourth-order valence-corrected chi connectivity index (χ4v) is 4.11. The molecule has 0 radical (unpaired) electrons. The van der Waals surface area contributed by atoms with E-state index in [0.29, 0.717) is 18.4 Å². The number of benzene rings is 1. The van der Waals surface area contributed by atoms with Crippen molar-refractivity contribution in [3.05, 3.63) is 69.8 Å². The molecular formula is C21H23N3O2. The zero-order chi connectivity index (χ0) is 19.4. The topological polar surface area (TPSA) is 90.7 Å². The average Bonchev–Trinajstić information content (AvgIpc) is 2.64. The summed E-state index contributed by atoms with van der Waals surface area (Å²) in [5.41, 5.74) is -0.155. The highest BCUT2D eigenvalue weighted by Gasteiger charge is 2.60. The van der Waals surface area contributed by atoms with E-state index in [-0.39, 0.29) is 17.8 Å². The first-order valence-electron chi connectivity index (χ1n) is 8.65. The highest BCUT2D eigenvalue weighted by Crippen LogP contribution is 2.53. The molecular weight excluding hydrogens is 326 g/mol. The van der Waals surface area contributed by atoms with Crippen molar-refractivity contribution in [2.75, 3.05) is 0 Å². The van der Waals surface area contributed by atoms with Gasteiger partial charge in [0.1, 0.15) is 0 Å². The Bertz CT molecular complexity index is 800. The Hall–Kier alpha value is -2.92. The highest BCUT2D eigenvalue weighted by molar-refractivity contribution is 5.37. The van der Waals surface area contributed by atoms with Gasteiger partial charge in [-0.15, -0.1) is 6.58 Å². The zero-order valence-corrected chi connectivity index (χ0v) is 15.2. The molecule has 1 aromatic rings. The monoisotopic (exact) mass is 349 g/mol. The number of nitriles is 2. The third-order valence-corrected chi connectivity index (χ3v) is 5.62. The Morgan fingerprint density at radius 1 is 1.31 bits per heavy atom. The van der Waals surface area contributed by atoms with Crippen molar-refractivity contribution in [1.82, 2.24) is 0 Å². The van der Waals surface area contributed by atoms with E-state index in [4.69, 9.17) is 0 Å². The summed E-state index contributed by atoms with van der Waals surface area (Å²) in [5.74, 6) is -0.845. The van der Waals surface area contributed by atoms with E-state index in [1.165, 1.54) is 6.08 Å². The fraction of sp³-hybridized carbons (Fsp3) is 0.429. The van der Waals surface area contributed by atoms with Crippen LogP contribution in [0.3, 0.4) is 0 Å². The van der Waals surface area contributed by atoms with Crippen LogP contribution < -0.4 is 0 Å². The van der Waals surface area contributed by atoms with Crippen molar-refractivity contribution >= 4 is 0 Å². The summed E-state index contributed by atoms with van der Waals surface area (Å²) in [5, 5.41) is 32.2. The molecule has 0 spiro atoms. The van der Waals surface area contributed by atoms with Gasteiger partial charge >= 0.3 is 0 Å². The van der Waals surface area contributed by atoms with E-state index in [0.717, 1.165) is 11.1 Å². The summed E-state index contributed by atoms with van der Waals surface area (Å²) in [6.45, 7) is 7.57. The molecule has 0 aromatic heterocycles. The summed E-state index contributed by atoms with van der Waals surface area (Å²) in [4.78, 5) is 12.1. The van der Waals surface area contributed by atoms with Crippen molar-refractivity contribution in [3.8, 4) is 12.1 Å². The van der Waals surface area contributed by atoms with E-state index in [1.807, 2.05) is 19.9 Å². The van der Waals surface area contributed by atoms with Gasteiger partial charge in [0, 0.05) is 17.8 Å². The van der Waals surface area contributed by atoms with Crippen LogP contribution in [-0.2, 0) is 0 Å². The maximum Gasteiger partial charge on any atom is 0.235 e. The Kier molecular flexibility index (Phi) is 5.63. The highest BCUT2D eigenvalue weighted by atomic mass is 16.6. The number of nitrogens with zero attached hydrogens (tertiary/aromatic N) is 3. The average molecular weight is 349 g/mol. The third-order valence-electron chi connectivity index (χ3n) is 5.62. The minimum absolute atomic E-state index is 0.0803. The summed E-state index contributed by atoms with van der Waals surface area (Å²) < 4.78 is 0. The Balaban J connectivity index is 2.79. The molecule has 2 rings (SSSR count). The number of hydrogen-bond acceptors (Lipinski definition) is 4. The summed E-state index contributed by atoms with van der Waals surface area (Å²) in [7, 11) is 0. The number of rotatable bonds is 6. The SMILES string of the molecule is C=CCC(C#N)(C#N)C(c1ccccc1)C1([N+](=O)[O-])CCC(C)=C(C)C1. The molecule has 0 amide bonds. The maximum atomic E-state index is 12.4. The Morgan fingerprint density at radius 3 is 2.38 bits per heavy atom. The van der Waals surface area contributed by atoms with Gasteiger partial charge in [-0.05, 0) is 32.3 Å². The molecule has 0 heterocycles. The normalized spacial score (nSPS) is 21.4. The molecule has 5 heteroatoms. The first-order chi connectivity index (χ1) is 12.4. The summed E-state index contributed by atoms with van der Waals surface area (Å²) >= 11 is 0. The van der Waals surface area contributed by atoms with Gasteiger partial charge in [-0.1, -0.05) is 47.6 Å². The van der Waals surface area contributed by atoms with Gasteiger partial charge in [0.2, 0.25) is 5.54 Å². The molecule has 26 heavy (non-hydrogen) atoms. The molecule has 0 saturated carbocycles. The van der Waals surface area contributed by atoms with Crippen molar-refractivity contribution in [2.24, 2.45) is 5.41 Å². The van der Waals surface area contributed by atoms with Gasteiger partial charge in [0.15, 0.2) is 5.41 Å². The van der Waals surface area contributed by atoms with E-state index in [2.05, 4.69) is 18.7 Å². The van der Waals surface area contributed by atoms with Crippen LogP contribution in [0.25, 0.3) is 0 Å². The van der Waals surface area contributed by atoms with E-state index in [9.17, 15) is 20.6 Å².